The quantitative estimate of drug-likeness (QED) is 0.836. The molecule has 1 saturated carbocycles. The summed E-state index contributed by atoms with van der Waals surface area (Å²) in [6.45, 7) is 6.66. The van der Waals surface area contributed by atoms with Gasteiger partial charge < -0.3 is 9.67 Å². The molecule has 112 valence electrons. The Bertz CT molecular complexity index is 462. The predicted octanol–water partition coefficient (Wildman–Crippen LogP) is 3.93. The highest BCUT2D eigenvalue weighted by atomic mass is 32.2. The summed E-state index contributed by atoms with van der Waals surface area (Å²) in [5, 5.41) is 9.74. The number of carboxylic acids is 1. The summed E-state index contributed by atoms with van der Waals surface area (Å²) in [6, 6.07) is 0.488. The fraction of sp³-hybridized carbons (Fsp3) is 0.733. The van der Waals surface area contributed by atoms with Crippen LogP contribution in [0.25, 0.3) is 0 Å². The first kappa shape index (κ1) is 15.4. The highest BCUT2D eigenvalue weighted by molar-refractivity contribution is 7.99. The van der Waals surface area contributed by atoms with Gasteiger partial charge in [-0.2, -0.15) is 0 Å². The van der Waals surface area contributed by atoms with Crippen molar-refractivity contribution in [3.63, 3.8) is 0 Å². The Morgan fingerprint density at radius 1 is 1.45 bits per heavy atom. The number of thioether (sulfide) groups is 1. The molecule has 20 heavy (non-hydrogen) atoms. The molecule has 1 N–H and O–H groups in total. The van der Waals surface area contributed by atoms with Crippen molar-refractivity contribution in [1.82, 2.24) is 9.55 Å². The van der Waals surface area contributed by atoms with Crippen molar-refractivity contribution in [1.29, 1.82) is 0 Å². The SMILES string of the molecule is CC1CCC(n2c(C(C)C)cnc2SCC(=O)O)CC1. The largest absolute Gasteiger partial charge is 0.481 e. The lowest BCUT2D eigenvalue weighted by molar-refractivity contribution is -0.133. The molecule has 0 saturated heterocycles. The Morgan fingerprint density at radius 3 is 2.65 bits per heavy atom. The Kier molecular flexibility index (Phi) is 5.13. The summed E-state index contributed by atoms with van der Waals surface area (Å²) in [5.41, 5.74) is 1.23. The van der Waals surface area contributed by atoms with Crippen LogP contribution in [0.1, 0.15) is 64.1 Å². The number of aliphatic carboxylic acids is 1. The Morgan fingerprint density at radius 2 is 2.10 bits per heavy atom. The molecule has 1 aromatic heterocycles. The van der Waals surface area contributed by atoms with Gasteiger partial charge in [0.15, 0.2) is 5.16 Å². The normalized spacial score (nSPS) is 23.2. The smallest absolute Gasteiger partial charge is 0.313 e. The summed E-state index contributed by atoms with van der Waals surface area (Å²) in [7, 11) is 0. The van der Waals surface area contributed by atoms with Gasteiger partial charge in [0.25, 0.3) is 0 Å². The van der Waals surface area contributed by atoms with Crippen LogP contribution in [0.4, 0.5) is 0 Å². The monoisotopic (exact) mass is 296 g/mol. The molecule has 1 heterocycles. The minimum absolute atomic E-state index is 0.0810. The van der Waals surface area contributed by atoms with Gasteiger partial charge in [-0.1, -0.05) is 32.5 Å². The third kappa shape index (κ3) is 3.57. The molecule has 0 amide bonds. The summed E-state index contributed by atoms with van der Waals surface area (Å²) in [4.78, 5) is 15.3. The molecule has 0 unspecified atom stereocenters. The zero-order chi connectivity index (χ0) is 14.7. The molecule has 1 fully saturated rings. The molecule has 1 aliphatic carbocycles. The van der Waals surface area contributed by atoms with E-state index in [0.29, 0.717) is 12.0 Å². The molecular formula is C15H24N2O2S. The van der Waals surface area contributed by atoms with Crippen molar-refractivity contribution >= 4 is 17.7 Å². The van der Waals surface area contributed by atoms with E-state index in [4.69, 9.17) is 5.11 Å². The lowest BCUT2D eigenvalue weighted by Gasteiger charge is -2.30. The lowest BCUT2D eigenvalue weighted by atomic mass is 9.87. The molecule has 2 rings (SSSR count). The first-order chi connectivity index (χ1) is 9.49. The maximum Gasteiger partial charge on any atom is 0.313 e. The van der Waals surface area contributed by atoms with E-state index >= 15 is 0 Å². The minimum atomic E-state index is -0.784. The van der Waals surface area contributed by atoms with E-state index in [0.717, 1.165) is 11.1 Å². The molecule has 0 aliphatic heterocycles. The van der Waals surface area contributed by atoms with Gasteiger partial charge in [0, 0.05) is 17.9 Å². The van der Waals surface area contributed by atoms with Crippen LogP contribution in [-0.2, 0) is 4.79 Å². The highest BCUT2D eigenvalue weighted by Crippen LogP contribution is 2.37. The van der Waals surface area contributed by atoms with Crippen molar-refractivity contribution in [2.45, 2.75) is 63.6 Å². The van der Waals surface area contributed by atoms with Crippen LogP contribution in [0.2, 0.25) is 0 Å². The summed E-state index contributed by atoms with van der Waals surface area (Å²) in [5.74, 6) is 0.527. The number of carbonyl (C=O) groups is 1. The number of imidazole rings is 1. The predicted molar refractivity (Wildman–Crippen MR) is 81.3 cm³/mol. The second-order valence-corrected chi connectivity index (χ2v) is 7.03. The van der Waals surface area contributed by atoms with Crippen LogP contribution in [0.5, 0.6) is 0 Å². The van der Waals surface area contributed by atoms with Gasteiger partial charge in [0.1, 0.15) is 0 Å². The Hall–Kier alpha value is -0.970. The number of carboxylic acid groups (broad SMARTS) is 1. The van der Waals surface area contributed by atoms with Crippen LogP contribution in [-0.4, -0.2) is 26.4 Å². The summed E-state index contributed by atoms with van der Waals surface area (Å²) >= 11 is 1.34. The van der Waals surface area contributed by atoms with Gasteiger partial charge in [-0.15, -0.1) is 0 Å². The van der Waals surface area contributed by atoms with Gasteiger partial charge in [0.05, 0.1) is 5.75 Å². The van der Waals surface area contributed by atoms with Gasteiger partial charge in [-0.25, -0.2) is 4.98 Å². The average molecular weight is 296 g/mol. The van der Waals surface area contributed by atoms with E-state index < -0.39 is 5.97 Å². The number of aromatic nitrogens is 2. The molecule has 1 aliphatic rings. The van der Waals surface area contributed by atoms with Crippen LogP contribution < -0.4 is 0 Å². The van der Waals surface area contributed by atoms with Crippen LogP contribution in [0.3, 0.4) is 0 Å². The van der Waals surface area contributed by atoms with Crippen molar-refractivity contribution < 1.29 is 9.90 Å². The first-order valence-corrected chi connectivity index (χ1v) is 8.39. The maximum absolute atomic E-state index is 10.8. The zero-order valence-electron chi connectivity index (χ0n) is 12.5. The summed E-state index contributed by atoms with van der Waals surface area (Å²) < 4.78 is 2.31. The fourth-order valence-corrected chi connectivity index (χ4v) is 3.66. The Labute approximate surface area is 125 Å². The van der Waals surface area contributed by atoms with Crippen LogP contribution in [0.15, 0.2) is 11.4 Å². The highest BCUT2D eigenvalue weighted by Gasteiger charge is 2.25. The van der Waals surface area contributed by atoms with E-state index in [1.54, 1.807) is 0 Å². The van der Waals surface area contributed by atoms with Crippen molar-refractivity contribution in [3.8, 4) is 0 Å². The maximum atomic E-state index is 10.8. The third-order valence-corrected chi connectivity index (χ3v) is 5.01. The first-order valence-electron chi connectivity index (χ1n) is 7.40. The standard InChI is InChI=1S/C15H24N2O2S/c1-10(2)13-8-16-15(20-9-14(18)19)17(13)12-6-4-11(3)5-7-12/h8,10-12H,4-7,9H2,1-3H3,(H,18,19). The lowest BCUT2D eigenvalue weighted by Crippen LogP contribution is -2.20. The number of rotatable bonds is 5. The van der Waals surface area contributed by atoms with Gasteiger partial charge in [-0.3, -0.25) is 4.79 Å². The summed E-state index contributed by atoms with van der Waals surface area (Å²) in [6.07, 6.45) is 6.79. The molecule has 0 spiro atoms. The molecule has 4 nitrogen and oxygen atoms in total. The minimum Gasteiger partial charge on any atom is -0.481 e. The van der Waals surface area contributed by atoms with Gasteiger partial charge >= 0.3 is 5.97 Å². The fourth-order valence-electron chi connectivity index (χ4n) is 2.88. The van der Waals surface area contributed by atoms with E-state index in [1.807, 2.05) is 6.20 Å². The van der Waals surface area contributed by atoms with Crippen molar-refractivity contribution in [2.24, 2.45) is 5.92 Å². The third-order valence-electron chi connectivity index (χ3n) is 4.06. The average Bonchev–Trinajstić information content (AvgIpc) is 2.81. The van der Waals surface area contributed by atoms with E-state index in [2.05, 4.69) is 30.3 Å². The van der Waals surface area contributed by atoms with E-state index in [9.17, 15) is 4.79 Å². The molecule has 0 atom stereocenters. The molecular weight excluding hydrogens is 272 g/mol. The van der Waals surface area contributed by atoms with Gasteiger partial charge in [0.2, 0.25) is 0 Å². The number of nitrogens with zero attached hydrogens (tertiary/aromatic N) is 2. The van der Waals surface area contributed by atoms with Crippen molar-refractivity contribution in [3.05, 3.63) is 11.9 Å². The van der Waals surface area contributed by atoms with Crippen molar-refractivity contribution in [2.75, 3.05) is 5.75 Å². The Balaban J connectivity index is 2.22. The van der Waals surface area contributed by atoms with Gasteiger partial charge in [-0.05, 0) is 37.5 Å². The van der Waals surface area contributed by atoms with E-state index in [1.165, 1.54) is 43.1 Å². The second-order valence-electron chi connectivity index (χ2n) is 6.09. The topological polar surface area (TPSA) is 55.1 Å². The number of hydrogen-bond acceptors (Lipinski definition) is 3. The van der Waals surface area contributed by atoms with Crippen LogP contribution in [0, 0.1) is 5.92 Å². The molecule has 0 aromatic carbocycles. The van der Waals surface area contributed by atoms with Crippen LogP contribution >= 0.6 is 11.8 Å². The molecule has 0 radical (unpaired) electrons. The van der Waals surface area contributed by atoms with E-state index in [-0.39, 0.29) is 5.75 Å². The zero-order valence-corrected chi connectivity index (χ0v) is 13.3. The second kappa shape index (κ2) is 6.66. The number of hydrogen-bond donors (Lipinski definition) is 1. The molecule has 5 heteroatoms. The molecule has 1 aromatic rings. The molecule has 0 bridgehead atoms.